The van der Waals surface area contributed by atoms with Crippen molar-refractivity contribution in [2.45, 2.75) is 13.0 Å². The van der Waals surface area contributed by atoms with Gasteiger partial charge in [0.2, 0.25) is 5.95 Å². The van der Waals surface area contributed by atoms with Crippen LogP contribution in [0.25, 0.3) is 0 Å². The molecule has 0 saturated heterocycles. The summed E-state index contributed by atoms with van der Waals surface area (Å²) in [4.78, 5) is 17.1. The van der Waals surface area contributed by atoms with Crippen LogP contribution in [-0.4, -0.2) is 31.1 Å². The molecule has 9 heteroatoms. The minimum atomic E-state index is -0.439. The van der Waals surface area contributed by atoms with Crippen LogP contribution in [0.15, 0.2) is 64.5 Å². The van der Waals surface area contributed by atoms with Gasteiger partial charge in [-0.1, -0.05) is 33.2 Å². The van der Waals surface area contributed by atoms with Gasteiger partial charge in [-0.3, -0.25) is 9.78 Å². The molecule has 1 unspecified atom stereocenters. The number of allylic oxidation sites excluding steroid dienone is 1. The summed E-state index contributed by atoms with van der Waals surface area (Å²) in [5, 5.41) is 17.8. The van der Waals surface area contributed by atoms with Crippen molar-refractivity contribution in [2.75, 3.05) is 10.6 Å². The molecule has 26 heavy (non-hydrogen) atoms. The van der Waals surface area contributed by atoms with Crippen LogP contribution in [0.2, 0.25) is 0 Å². The fraction of sp³-hybridized carbons (Fsp3) is 0.118. The van der Waals surface area contributed by atoms with E-state index in [1.807, 2.05) is 31.2 Å². The molecule has 0 spiro atoms. The molecule has 8 nitrogen and oxygen atoms in total. The predicted molar refractivity (Wildman–Crippen MR) is 99.3 cm³/mol. The van der Waals surface area contributed by atoms with Crippen molar-refractivity contribution in [3.05, 3.63) is 70.1 Å². The first-order valence-corrected chi connectivity index (χ1v) is 8.65. The van der Waals surface area contributed by atoms with Gasteiger partial charge in [0, 0.05) is 16.4 Å². The van der Waals surface area contributed by atoms with Gasteiger partial charge in [-0.05, 0) is 47.2 Å². The molecule has 130 valence electrons. The van der Waals surface area contributed by atoms with Crippen LogP contribution in [-0.2, 0) is 4.79 Å². The maximum Gasteiger partial charge on any atom is 0.255 e. The molecule has 1 atom stereocenters. The van der Waals surface area contributed by atoms with Crippen LogP contribution in [0.3, 0.4) is 0 Å². The van der Waals surface area contributed by atoms with E-state index in [0.29, 0.717) is 22.9 Å². The molecule has 0 fully saturated rings. The highest BCUT2D eigenvalue weighted by Gasteiger charge is 2.34. The Kier molecular flexibility index (Phi) is 4.21. The minimum Gasteiger partial charge on any atom is -0.326 e. The van der Waals surface area contributed by atoms with Gasteiger partial charge in [0.05, 0.1) is 17.5 Å². The summed E-state index contributed by atoms with van der Waals surface area (Å²) in [5.74, 6) is 0.255. The summed E-state index contributed by atoms with van der Waals surface area (Å²) in [6, 6.07) is 10.8. The number of carbonyl (C=O) groups excluding carboxylic acids is 1. The Bertz CT molecular complexity index is 982. The molecular formula is C17H14BrN7O. The summed E-state index contributed by atoms with van der Waals surface area (Å²) in [7, 11) is 0. The quantitative estimate of drug-likeness (QED) is 0.687. The summed E-state index contributed by atoms with van der Waals surface area (Å²) in [6.07, 6.45) is 3.25. The van der Waals surface area contributed by atoms with Crippen LogP contribution < -0.4 is 10.6 Å². The smallest absolute Gasteiger partial charge is 0.255 e. The Balaban J connectivity index is 1.77. The highest BCUT2D eigenvalue weighted by atomic mass is 79.9. The molecule has 0 aliphatic carbocycles. The van der Waals surface area contributed by atoms with E-state index >= 15 is 0 Å². The molecule has 1 aliphatic heterocycles. The predicted octanol–water partition coefficient (Wildman–Crippen LogP) is 2.76. The molecule has 1 aliphatic rings. The second-order valence-corrected chi connectivity index (χ2v) is 6.68. The average molecular weight is 412 g/mol. The van der Waals surface area contributed by atoms with E-state index in [2.05, 4.69) is 47.1 Å². The summed E-state index contributed by atoms with van der Waals surface area (Å²) >= 11 is 3.44. The number of tetrazole rings is 1. The van der Waals surface area contributed by atoms with Gasteiger partial charge in [0.1, 0.15) is 6.04 Å². The van der Waals surface area contributed by atoms with E-state index in [4.69, 9.17) is 0 Å². The molecule has 2 aromatic heterocycles. The van der Waals surface area contributed by atoms with Gasteiger partial charge < -0.3 is 10.6 Å². The van der Waals surface area contributed by atoms with E-state index in [-0.39, 0.29) is 5.91 Å². The Morgan fingerprint density at radius 3 is 2.81 bits per heavy atom. The van der Waals surface area contributed by atoms with Gasteiger partial charge in [-0.2, -0.15) is 4.68 Å². The second-order valence-electron chi connectivity index (χ2n) is 5.76. The van der Waals surface area contributed by atoms with Crippen molar-refractivity contribution in [1.29, 1.82) is 0 Å². The number of hydrogen-bond acceptors (Lipinski definition) is 6. The monoisotopic (exact) mass is 411 g/mol. The highest BCUT2D eigenvalue weighted by Crippen LogP contribution is 2.35. The Morgan fingerprint density at radius 2 is 2.08 bits per heavy atom. The number of fused-ring (bicyclic) bond motifs is 1. The number of nitrogens with zero attached hydrogens (tertiary/aromatic N) is 5. The van der Waals surface area contributed by atoms with Gasteiger partial charge in [0.15, 0.2) is 0 Å². The third kappa shape index (κ3) is 2.97. The van der Waals surface area contributed by atoms with Crippen molar-refractivity contribution in [3.63, 3.8) is 0 Å². The maximum absolute atomic E-state index is 13.0. The van der Waals surface area contributed by atoms with Crippen LogP contribution >= 0.6 is 15.9 Å². The molecule has 0 bridgehead atoms. The van der Waals surface area contributed by atoms with Crippen LogP contribution in [0.1, 0.15) is 18.5 Å². The lowest BCUT2D eigenvalue weighted by Gasteiger charge is -2.28. The van der Waals surface area contributed by atoms with E-state index in [1.54, 1.807) is 29.2 Å². The number of aromatic nitrogens is 5. The van der Waals surface area contributed by atoms with Crippen molar-refractivity contribution < 1.29 is 4.79 Å². The fourth-order valence-electron chi connectivity index (χ4n) is 2.89. The first-order chi connectivity index (χ1) is 12.6. The number of rotatable bonds is 3. The number of carbonyl (C=O) groups is 1. The van der Waals surface area contributed by atoms with Crippen LogP contribution in [0.4, 0.5) is 11.6 Å². The summed E-state index contributed by atoms with van der Waals surface area (Å²) < 4.78 is 2.56. The van der Waals surface area contributed by atoms with Crippen molar-refractivity contribution in [1.82, 2.24) is 25.2 Å². The zero-order valence-corrected chi connectivity index (χ0v) is 15.3. The maximum atomic E-state index is 13.0. The summed E-state index contributed by atoms with van der Waals surface area (Å²) in [5.41, 5.74) is 2.76. The number of nitrogens with one attached hydrogen (secondary N) is 2. The van der Waals surface area contributed by atoms with Crippen molar-refractivity contribution in [3.8, 4) is 0 Å². The van der Waals surface area contributed by atoms with Gasteiger partial charge in [-0.25, -0.2) is 0 Å². The number of benzene rings is 1. The third-order valence-corrected chi connectivity index (χ3v) is 4.59. The third-order valence-electron chi connectivity index (χ3n) is 4.06. The minimum absolute atomic E-state index is 0.239. The zero-order valence-electron chi connectivity index (χ0n) is 13.7. The van der Waals surface area contributed by atoms with E-state index < -0.39 is 6.04 Å². The number of hydrogen-bond donors (Lipinski definition) is 2. The Labute approximate surface area is 157 Å². The lowest BCUT2D eigenvalue weighted by Crippen LogP contribution is -2.31. The summed E-state index contributed by atoms with van der Waals surface area (Å²) in [6.45, 7) is 1.84. The topological polar surface area (TPSA) is 97.6 Å². The van der Waals surface area contributed by atoms with E-state index in [1.165, 1.54) is 0 Å². The highest BCUT2D eigenvalue weighted by molar-refractivity contribution is 9.10. The van der Waals surface area contributed by atoms with E-state index in [0.717, 1.165) is 10.0 Å². The van der Waals surface area contributed by atoms with Crippen molar-refractivity contribution >= 4 is 33.5 Å². The number of pyridine rings is 1. The number of amides is 1. The molecule has 0 radical (unpaired) electrons. The van der Waals surface area contributed by atoms with E-state index in [9.17, 15) is 4.79 Å². The zero-order chi connectivity index (χ0) is 18.1. The molecule has 0 saturated carbocycles. The van der Waals surface area contributed by atoms with Gasteiger partial charge in [-0.15, -0.1) is 0 Å². The van der Waals surface area contributed by atoms with Crippen LogP contribution in [0, 0.1) is 0 Å². The van der Waals surface area contributed by atoms with Crippen LogP contribution in [0.5, 0.6) is 0 Å². The number of halogens is 1. The molecule has 3 aromatic rings. The molecular weight excluding hydrogens is 398 g/mol. The standard InChI is InChI=1S/C17H14BrN7O/c1-10-14(16(26)21-13-3-2-8-19-9-13)15(11-4-6-12(18)7-5-11)25-17(20-10)22-23-24-25/h2-9,15H,1H3,(H,21,26)(H,20,22,24). The number of anilines is 2. The Hall–Kier alpha value is -3.07. The first-order valence-electron chi connectivity index (χ1n) is 7.86. The lowest BCUT2D eigenvalue weighted by molar-refractivity contribution is -0.113. The van der Waals surface area contributed by atoms with Crippen molar-refractivity contribution in [2.24, 2.45) is 0 Å². The van der Waals surface area contributed by atoms with Gasteiger partial charge in [0.25, 0.3) is 5.91 Å². The van der Waals surface area contributed by atoms with Gasteiger partial charge >= 0.3 is 0 Å². The molecule has 4 rings (SSSR count). The second kappa shape index (κ2) is 6.68. The lowest BCUT2D eigenvalue weighted by atomic mass is 9.95. The molecule has 1 amide bonds. The molecule has 3 heterocycles. The Morgan fingerprint density at radius 1 is 1.27 bits per heavy atom. The molecule has 2 N–H and O–H groups in total. The normalized spacial score (nSPS) is 16.0. The molecule has 1 aromatic carbocycles. The fourth-order valence-corrected chi connectivity index (χ4v) is 3.16. The average Bonchev–Trinajstić information content (AvgIpc) is 3.10. The largest absolute Gasteiger partial charge is 0.326 e. The first kappa shape index (κ1) is 16.4. The SMILES string of the molecule is CC1=C(C(=O)Nc2cccnc2)C(c2ccc(Br)cc2)n2nnnc2N1.